The van der Waals surface area contributed by atoms with Gasteiger partial charge in [0.15, 0.2) is 6.10 Å². The van der Waals surface area contributed by atoms with Crippen LogP contribution in [0.1, 0.15) is 23.6 Å². The van der Waals surface area contributed by atoms with Gasteiger partial charge in [-0.05, 0) is 51.0 Å². The van der Waals surface area contributed by atoms with Gasteiger partial charge in [0.25, 0.3) is 5.91 Å². The summed E-state index contributed by atoms with van der Waals surface area (Å²) in [6.45, 7) is 7.53. The fourth-order valence-electron chi connectivity index (χ4n) is 2.53. The first-order chi connectivity index (χ1) is 12.8. The fraction of sp³-hybridized carbons (Fsp3) is 0.250. The van der Waals surface area contributed by atoms with Crippen LogP contribution in [0.3, 0.4) is 0 Å². The lowest BCUT2D eigenvalue weighted by Gasteiger charge is -2.15. The maximum Gasteiger partial charge on any atom is 0.266 e. The maximum absolute atomic E-state index is 12.4. The van der Waals surface area contributed by atoms with Gasteiger partial charge in [-0.1, -0.05) is 52.8 Å². The lowest BCUT2D eigenvalue weighted by atomic mass is 10.1. The Kier molecular flexibility index (Phi) is 5.77. The molecule has 3 rings (SSSR count). The molecule has 2 aromatic carbocycles. The van der Waals surface area contributed by atoms with E-state index in [9.17, 15) is 4.79 Å². The van der Waals surface area contributed by atoms with Crippen LogP contribution >= 0.6 is 22.9 Å². The largest absolute Gasteiger partial charge is 0.481 e. The fourth-order valence-corrected chi connectivity index (χ4v) is 3.39. The standard InChI is InChI=1S/C20H20ClN3O2S/c1-11-5-7-15(8-6-11)19-23-24-20(27-19)22-18(25)14(4)26-16-9-12(2)17(21)13(3)10-16/h5-10,14H,1-4H3,(H,22,24,25). The summed E-state index contributed by atoms with van der Waals surface area (Å²) in [7, 11) is 0. The number of halogens is 1. The molecule has 0 saturated carbocycles. The van der Waals surface area contributed by atoms with Gasteiger partial charge in [0.2, 0.25) is 5.13 Å². The number of anilines is 1. The van der Waals surface area contributed by atoms with Gasteiger partial charge in [0.05, 0.1) is 0 Å². The summed E-state index contributed by atoms with van der Waals surface area (Å²) >= 11 is 7.49. The first-order valence-electron chi connectivity index (χ1n) is 8.48. The second kappa shape index (κ2) is 8.06. The SMILES string of the molecule is Cc1ccc(-c2nnc(NC(=O)C(C)Oc3cc(C)c(Cl)c(C)c3)s2)cc1. The molecule has 0 aliphatic heterocycles. The number of hydrogen-bond donors (Lipinski definition) is 1. The van der Waals surface area contributed by atoms with Crippen molar-refractivity contribution in [3.8, 4) is 16.3 Å². The minimum atomic E-state index is -0.684. The van der Waals surface area contributed by atoms with E-state index in [-0.39, 0.29) is 5.91 Å². The molecule has 140 valence electrons. The Labute approximate surface area is 167 Å². The molecule has 0 radical (unpaired) electrons. The first-order valence-corrected chi connectivity index (χ1v) is 9.67. The van der Waals surface area contributed by atoms with Crippen molar-refractivity contribution < 1.29 is 9.53 Å². The Balaban J connectivity index is 1.66. The monoisotopic (exact) mass is 401 g/mol. The molecule has 1 aromatic heterocycles. The molecule has 3 aromatic rings. The number of amides is 1. The zero-order valence-corrected chi connectivity index (χ0v) is 17.1. The van der Waals surface area contributed by atoms with Crippen molar-refractivity contribution in [3.05, 3.63) is 58.1 Å². The molecule has 0 bridgehead atoms. The van der Waals surface area contributed by atoms with E-state index in [1.54, 1.807) is 6.92 Å². The van der Waals surface area contributed by atoms with Crippen LogP contribution in [0.2, 0.25) is 5.02 Å². The molecular formula is C20H20ClN3O2S. The molecule has 0 saturated heterocycles. The number of benzene rings is 2. The summed E-state index contributed by atoms with van der Waals surface area (Å²) in [5.74, 6) is 0.321. The van der Waals surface area contributed by atoms with Crippen molar-refractivity contribution in [3.63, 3.8) is 0 Å². The summed E-state index contributed by atoms with van der Waals surface area (Å²) in [6.07, 6.45) is -0.684. The van der Waals surface area contributed by atoms with Crippen molar-refractivity contribution >= 4 is 34.0 Å². The van der Waals surface area contributed by atoms with E-state index >= 15 is 0 Å². The van der Waals surface area contributed by atoms with Crippen LogP contribution in [-0.2, 0) is 4.79 Å². The van der Waals surface area contributed by atoms with Crippen molar-refractivity contribution in [1.82, 2.24) is 10.2 Å². The van der Waals surface area contributed by atoms with Crippen LogP contribution in [0.25, 0.3) is 10.6 Å². The molecule has 5 nitrogen and oxygen atoms in total. The molecule has 0 aliphatic rings. The van der Waals surface area contributed by atoms with Gasteiger partial charge in [-0.3, -0.25) is 10.1 Å². The third-order valence-electron chi connectivity index (χ3n) is 4.05. The zero-order valence-electron chi connectivity index (χ0n) is 15.5. The van der Waals surface area contributed by atoms with Crippen molar-refractivity contribution in [1.29, 1.82) is 0 Å². The Morgan fingerprint density at radius 3 is 2.37 bits per heavy atom. The number of aryl methyl sites for hydroxylation is 3. The third-order valence-corrected chi connectivity index (χ3v) is 5.53. The van der Waals surface area contributed by atoms with E-state index in [4.69, 9.17) is 16.3 Å². The van der Waals surface area contributed by atoms with Gasteiger partial charge < -0.3 is 4.74 Å². The summed E-state index contributed by atoms with van der Waals surface area (Å²) in [5.41, 5.74) is 3.96. The van der Waals surface area contributed by atoms with Gasteiger partial charge in [-0.15, -0.1) is 10.2 Å². The molecule has 27 heavy (non-hydrogen) atoms. The van der Waals surface area contributed by atoms with Gasteiger partial charge >= 0.3 is 0 Å². The van der Waals surface area contributed by atoms with Crippen LogP contribution in [0.5, 0.6) is 5.75 Å². The van der Waals surface area contributed by atoms with Crippen molar-refractivity contribution in [2.45, 2.75) is 33.8 Å². The number of carbonyl (C=O) groups is 1. The third kappa shape index (κ3) is 4.64. The summed E-state index contributed by atoms with van der Waals surface area (Å²) in [6, 6.07) is 11.6. The van der Waals surface area contributed by atoms with E-state index in [1.165, 1.54) is 16.9 Å². The Hall–Kier alpha value is -2.44. The second-order valence-electron chi connectivity index (χ2n) is 6.40. The lowest BCUT2D eigenvalue weighted by Crippen LogP contribution is -2.30. The normalized spacial score (nSPS) is 11.9. The number of nitrogens with zero attached hydrogens (tertiary/aromatic N) is 2. The van der Waals surface area contributed by atoms with Gasteiger partial charge in [0, 0.05) is 10.6 Å². The Morgan fingerprint density at radius 2 is 1.74 bits per heavy atom. The Bertz CT molecular complexity index is 947. The van der Waals surface area contributed by atoms with Crippen LogP contribution in [-0.4, -0.2) is 22.2 Å². The highest BCUT2D eigenvalue weighted by Gasteiger charge is 2.18. The zero-order chi connectivity index (χ0) is 19.6. The van der Waals surface area contributed by atoms with Crippen LogP contribution in [0.4, 0.5) is 5.13 Å². The van der Waals surface area contributed by atoms with E-state index in [0.717, 1.165) is 21.7 Å². The van der Waals surface area contributed by atoms with E-state index in [0.29, 0.717) is 15.9 Å². The van der Waals surface area contributed by atoms with Crippen molar-refractivity contribution in [2.75, 3.05) is 5.32 Å². The average Bonchev–Trinajstić information content (AvgIpc) is 3.08. The van der Waals surface area contributed by atoms with Crippen LogP contribution in [0.15, 0.2) is 36.4 Å². The second-order valence-corrected chi connectivity index (χ2v) is 7.75. The summed E-state index contributed by atoms with van der Waals surface area (Å²) in [4.78, 5) is 12.4. The molecule has 1 atom stereocenters. The quantitative estimate of drug-likeness (QED) is 0.639. The smallest absolute Gasteiger partial charge is 0.266 e. The molecule has 0 aliphatic carbocycles. The predicted molar refractivity (Wildman–Crippen MR) is 110 cm³/mol. The highest BCUT2D eigenvalue weighted by atomic mass is 35.5. The maximum atomic E-state index is 12.4. The number of aromatic nitrogens is 2. The molecule has 1 amide bonds. The average molecular weight is 402 g/mol. The van der Waals surface area contributed by atoms with Gasteiger partial charge in [-0.25, -0.2) is 0 Å². The molecule has 0 spiro atoms. The summed E-state index contributed by atoms with van der Waals surface area (Å²) in [5, 5.41) is 12.8. The van der Waals surface area contributed by atoms with Crippen LogP contribution < -0.4 is 10.1 Å². The molecule has 1 unspecified atom stereocenters. The van der Waals surface area contributed by atoms with Crippen molar-refractivity contribution in [2.24, 2.45) is 0 Å². The number of hydrogen-bond acceptors (Lipinski definition) is 5. The van der Waals surface area contributed by atoms with E-state index in [1.807, 2.05) is 57.2 Å². The molecule has 1 heterocycles. The Morgan fingerprint density at radius 1 is 1.11 bits per heavy atom. The molecular weight excluding hydrogens is 382 g/mol. The molecule has 7 heteroatoms. The highest BCUT2D eigenvalue weighted by Crippen LogP contribution is 2.28. The highest BCUT2D eigenvalue weighted by molar-refractivity contribution is 7.18. The van der Waals surface area contributed by atoms with Crippen LogP contribution in [0, 0.1) is 20.8 Å². The van der Waals surface area contributed by atoms with Gasteiger partial charge in [0.1, 0.15) is 10.8 Å². The molecule has 0 fully saturated rings. The first kappa shape index (κ1) is 19.3. The minimum absolute atomic E-state index is 0.285. The number of ether oxygens (including phenoxy) is 1. The minimum Gasteiger partial charge on any atom is -0.481 e. The number of rotatable bonds is 5. The topological polar surface area (TPSA) is 64.1 Å². The van der Waals surface area contributed by atoms with E-state index in [2.05, 4.69) is 15.5 Å². The predicted octanol–water partition coefficient (Wildman–Crippen LogP) is 5.19. The number of nitrogens with one attached hydrogen (secondary N) is 1. The molecule has 1 N–H and O–H groups in total. The summed E-state index contributed by atoms with van der Waals surface area (Å²) < 4.78 is 5.76. The number of carbonyl (C=O) groups excluding carboxylic acids is 1. The van der Waals surface area contributed by atoms with E-state index < -0.39 is 6.10 Å². The lowest BCUT2D eigenvalue weighted by molar-refractivity contribution is -0.122. The van der Waals surface area contributed by atoms with Gasteiger partial charge in [-0.2, -0.15) is 0 Å².